The average molecular weight is 317 g/mol. The van der Waals surface area contributed by atoms with Gasteiger partial charge in [-0.3, -0.25) is 5.84 Å². The Hall–Kier alpha value is -1.58. The standard InChI is InChI=1S/C17H14Cl2N2/c18-15-8-7-14(10-16(15)19)17(21-20)13-6-5-11-3-1-2-4-12(11)9-13/h1-10,17,21H,20H2. The van der Waals surface area contributed by atoms with Gasteiger partial charge < -0.3 is 0 Å². The van der Waals surface area contributed by atoms with E-state index in [2.05, 4.69) is 35.8 Å². The highest BCUT2D eigenvalue weighted by atomic mass is 35.5. The fraction of sp³-hybridized carbons (Fsp3) is 0.0588. The van der Waals surface area contributed by atoms with E-state index in [1.807, 2.05) is 24.3 Å². The van der Waals surface area contributed by atoms with E-state index < -0.39 is 0 Å². The van der Waals surface area contributed by atoms with E-state index in [4.69, 9.17) is 29.0 Å². The summed E-state index contributed by atoms with van der Waals surface area (Å²) >= 11 is 12.1. The number of fused-ring (bicyclic) bond motifs is 1. The van der Waals surface area contributed by atoms with Gasteiger partial charge in [0.1, 0.15) is 0 Å². The van der Waals surface area contributed by atoms with Crippen molar-refractivity contribution < 1.29 is 0 Å². The van der Waals surface area contributed by atoms with Crippen molar-refractivity contribution in [2.45, 2.75) is 6.04 Å². The molecule has 0 aliphatic carbocycles. The number of benzene rings is 3. The van der Waals surface area contributed by atoms with Crippen molar-refractivity contribution in [3.63, 3.8) is 0 Å². The molecule has 1 unspecified atom stereocenters. The molecular weight excluding hydrogens is 303 g/mol. The Morgan fingerprint density at radius 2 is 1.43 bits per heavy atom. The van der Waals surface area contributed by atoms with Gasteiger partial charge in [0.25, 0.3) is 0 Å². The zero-order valence-corrected chi connectivity index (χ0v) is 12.7. The summed E-state index contributed by atoms with van der Waals surface area (Å²) in [5.74, 6) is 5.74. The maximum Gasteiger partial charge on any atom is 0.0710 e. The van der Waals surface area contributed by atoms with Crippen molar-refractivity contribution in [1.82, 2.24) is 5.43 Å². The molecule has 4 heteroatoms. The van der Waals surface area contributed by atoms with Crippen molar-refractivity contribution >= 4 is 34.0 Å². The summed E-state index contributed by atoms with van der Waals surface area (Å²) in [6.07, 6.45) is 0. The summed E-state index contributed by atoms with van der Waals surface area (Å²) in [4.78, 5) is 0. The van der Waals surface area contributed by atoms with Crippen LogP contribution in [0.5, 0.6) is 0 Å². The number of hydrogen-bond donors (Lipinski definition) is 2. The van der Waals surface area contributed by atoms with Crippen LogP contribution in [0.25, 0.3) is 10.8 Å². The van der Waals surface area contributed by atoms with E-state index in [1.54, 1.807) is 6.07 Å². The number of halogens is 2. The highest BCUT2D eigenvalue weighted by Crippen LogP contribution is 2.29. The molecular formula is C17H14Cl2N2. The van der Waals surface area contributed by atoms with E-state index in [-0.39, 0.29) is 6.04 Å². The Labute approximate surface area is 133 Å². The second kappa shape index (κ2) is 6.04. The predicted octanol–water partition coefficient (Wildman–Crippen LogP) is 4.70. The third-order valence-corrected chi connectivity index (χ3v) is 4.29. The molecule has 0 radical (unpaired) electrons. The van der Waals surface area contributed by atoms with Gasteiger partial charge in [-0.15, -0.1) is 0 Å². The monoisotopic (exact) mass is 316 g/mol. The minimum absolute atomic E-state index is 0.135. The first-order chi connectivity index (χ1) is 10.2. The first-order valence-corrected chi connectivity index (χ1v) is 7.34. The number of rotatable bonds is 3. The summed E-state index contributed by atoms with van der Waals surface area (Å²) in [6, 6.07) is 19.9. The zero-order chi connectivity index (χ0) is 14.8. The third kappa shape index (κ3) is 2.89. The Morgan fingerprint density at radius 3 is 2.14 bits per heavy atom. The molecule has 0 aromatic heterocycles. The highest BCUT2D eigenvalue weighted by Gasteiger charge is 2.14. The normalized spacial score (nSPS) is 12.5. The maximum absolute atomic E-state index is 6.10. The highest BCUT2D eigenvalue weighted by molar-refractivity contribution is 6.42. The van der Waals surface area contributed by atoms with Crippen LogP contribution in [0.3, 0.4) is 0 Å². The SMILES string of the molecule is NNC(c1ccc(Cl)c(Cl)c1)c1ccc2ccccc2c1. The predicted molar refractivity (Wildman–Crippen MR) is 89.6 cm³/mol. The molecule has 0 heterocycles. The molecule has 3 rings (SSSR count). The van der Waals surface area contributed by atoms with E-state index >= 15 is 0 Å². The summed E-state index contributed by atoms with van der Waals surface area (Å²) in [7, 11) is 0. The van der Waals surface area contributed by atoms with Crippen LogP contribution in [0.15, 0.2) is 60.7 Å². The van der Waals surface area contributed by atoms with Crippen LogP contribution in [0.4, 0.5) is 0 Å². The molecule has 106 valence electrons. The van der Waals surface area contributed by atoms with Gasteiger partial charge in [0.05, 0.1) is 16.1 Å². The molecule has 3 aromatic rings. The Bertz CT molecular complexity index is 787. The molecule has 2 nitrogen and oxygen atoms in total. The third-order valence-electron chi connectivity index (χ3n) is 3.55. The molecule has 0 aliphatic heterocycles. The van der Waals surface area contributed by atoms with Crippen molar-refractivity contribution in [1.29, 1.82) is 0 Å². The molecule has 3 aromatic carbocycles. The summed E-state index contributed by atoms with van der Waals surface area (Å²) in [5, 5.41) is 3.44. The molecule has 0 saturated carbocycles. The first-order valence-electron chi connectivity index (χ1n) is 6.59. The number of nitrogens with one attached hydrogen (secondary N) is 1. The lowest BCUT2D eigenvalue weighted by molar-refractivity contribution is 0.637. The van der Waals surface area contributed by atoms with Gasteiger partial charge in [0, 0.05) is 0 Å². The van der Waals surface area contributed by atoms with Crippen molar-refractivity contribution in [3.05, 3.63) is 81.8 Å². The van der Waals surface area contributed by atoms with Gasteiger partial charge in [-0.05, 0) is 40.1 Å². The topological polar surface area (TPSA) is 38.0 Å². The Morgan fingerprint density at radius 1 is 0.762 bits per heavy atom. The largest absolute Gasteiger partial charge is 0.271 e. The molecule has 0 spiro atoms. The lowest BCUT2D eigenvalue weighted by Gasteiger charge is -2.18. The van der Waals surface area contributed by atoms with Crippen molar-refractivity contribution in [2.24, 2.45) is 5.84 Å². The van der Waals surface area contributed by atoms with E-state index in [1.165, 1.54) is 10.8 Å². The smallest absolute Gasteiger partial charge is 0.0710 e. The lowest BCUT2D eigenvalue weighted by atomic mass is 9.97. The van der Waals surface area contributed by atoms with Gasteiger partial charge in [-0.2, -0.15) is 0 Å². The minimum Gasteiger partial charge on any atom is -0.271 e. The van der Waals surface area contributed by atoms with Gasteiger partial charge in [0.15, 0.2) is 0 Å². The fourth-order valence-corrected chi connectivity index (χ4v) is 2.77. The molecule has 0 amide bonds. The van der Waals surface area contributed by atoms with Crippen LogP contribution in [0.1, 0.15) is 17.2 Å². The van der Waals surface area contributed by atoms with Crippen molar-refractivity contribution in [3.8, 4) is 0 Å². The van der Waals surface area contributed by atoms with Crippen LogP contribution in [0.2, 0.25) is 10.0 Å². The summed E-state index contributed by atoms with van der Waals surface area (Å²) in [6.45, 7) is 0. The van der Waals surface area contributed by atoms with Crippen LogP contribution >= 0.6 is 23.2 Å². The average Bonchev–Trinajstić information content (AvgIpc) is 2.51. The van der Waals surface area contributed by atoms with Crippen LogP contribution in [-0.2, 0) is 0 Å². The quantitative estimate of drug-likeness (QED) is 0.543. The van der Waals surface area contributed by atoms with E-state index in [9.17, 15) is 0 Å². The molecule has 1 atom stereocenters. The number of nitrogens with two attached hydrogens (primary N) is 1. The second-order valence-corrected chi connectivity index (χ2v) is 5.69. The summed E-state index contributed by atoms with van der Waals surface area (Å²) in [5.41, 5.74) is 4.90. The molecule has 0 fully saturated rings. The Kier molecular flexibility index (Phi) is 4.13. The van der Waals surface area contributed by atoms with Gasteiger partial charge >= 0.3 is 0 Å². The Balaban J connectivity index is 2.06. The second-order valence-electron chi connectivity index (χ2n) is 4.88. The minimum atomic E-state index is -0.135. The van der Waals surface area contributed by atoms with Gasteiger partial charge in [-0.1, -0.05) is 65.7 Å². The maximum atomic E-state index is 6.10. The molecule has 3 N–H and O–H groups in total. The number of hydrazine groups is 1. The first kappa shape index (κ1) is 14.4. The van der Waals surface area contributed by atoms with Gasteiger partial charge in [0.2, 0.25) is 0 Å². The van der Waals surface area contributed by atoms with E-state index in [0.29, 0.717) is 10.0 Å². The fourth-order valence-electron chi connectivity index (χ4n) is 2.46. The molecule has 0 aliphatic rings. The van der Waals surface area contributed by atoms with Crippen molar-refractivity contribution in [2.75, 3.05) is 0 Å². The lowest BCUT2D eigenvalue weighted by Crippen LogP contribution is -2.28. The van der Waals surface area contributed by atoms with Crippen LogP contribution < -0.4 is 11.3 Å². The van der Waals surface area contributed by atoms with Gasteiger partial charge in [-0.25, -0.2) is 5.43 Å². The molecule has 21 heavy (non-hydrogen) atoms. The molecule has 0 saturated heterocycles. The molecule has 0 bridgehead atoms. The zero-order valence-electron chi connectivity index (χ0n) is 11.2. The van der Waals surface area contributed by atoms with Crippen LogP contribution in [-0.4, -0.2) is 0 Å². The van der Waals surface area contributed by atoms with Crippen LogP contribution in [0, 0.1) is 0 Å². The number of hydrogen-bond acceptors (Lipinski definition) is 2. The van der Waals surface area contributed by atoms with E-state index in [0.717, 1.165) is 11.1 Å². The summed E-state index contributed by atoms with van der Waals surface area (Å²) < 4.78 is 0.